The smallest absolute Gasteiger partial charge is 0.244 e. The van der Waals surface area contributed by atoms with Gasteiger partial charge >= 0.3 is 0 Å². The molecule has 7 heteroatoms. The highest BCUT2D eigenvalue weighted by Gasteiger charge is 2.11. The third kappa shape index (κ3) is 8.08. The van der Waals surface area contributed by atoms with Crippen LogP contribution < -0.4 is 5.73 Å². The van der Waals surface area contributed by atoms with Crippen LogP contribution in [-0.4, -0.2) is 23.0 Å². The molecule has 160 valence electrons. The Morgan fingerprint density at radius 2 is 1.93 bits per heavy atom. The summed E-state index contributed by atoms with van der Waals surface area (Å²) in [6, 6.07) is 0. The van der Waals surface area contributed by atoms with E-state index in [2.05, 4.69) is 55.4 Å². The normalized spacial score (nSPS) is 13.8. The van der Waals surface area contributed by atoms with Gasteiger partial charge in [0.15, 0.2) is 0 Å². The predicted molar refractivity (Wildman–Crippen MR) is 127 cm³/mol. The largest absolute Gasteiger partial charge is 0.501 e. The highest BCUT2D eigenvalue weighted by atomic mass is 32.1. The summed E-state index contributed by atoms with van der Waals surface area (Å²) in [6.45, 7) is 6.48. The predicted octanol–water partition coefficient (Wildman–Crippen LogP) is 5.95. The monoisotopic (exact) mass is 443 g/mol. The van der Waals surface area contributed by atoms with Crippen LogP contribution in [0.4, 0.5) is 0 Å². The SMILES string of the molecule is CO/C(=C\C(N)=O)CC/C=C/c1csc(-c2csc(C(C)/C=C/C=C/C(C)C)n2)n1. The van der Waals surface area contributed by atoms with Crippen molar-refractivity contribution in [3.05, 3.63) is 63.7 Å². The van der Waals surface area contributed by atoms with E-state index in [4.69, 9.17) is 15.5 Å². The number of nitrogens with zero attached hydrogens (tertiary/aromatic N) is 2. The van der Waals surface area contributed by atoms with Crippen molar-refractivity contribution in [3.8, 4) is 10.7 Å². The van der Waals surface area contributed by atoms with Gasteiger partial charge in [-0.25, -0.2) is 9.97 Å². The van der Waals surface area contributed by atoms with E-state index in [1.165, 1.54) is 13.2 Å². The highest BCUT2D eigenvalue weighted by molar-refractivity contribution is 7.14. The Hall–Kier alpha value is -2.51. The minimum absolute atomic E-state index is 0.267. The molecule has 0 aliphatic heterocycles. The van der Waals surface area contributed by atoms with Gasteiger partial charge in [-0.05, 0) is 18.4 Å². The fraction of sp³-hybridized carbons (Fsp3) is 0.348. The summed E-state index contributed by atoms with van der Waals surface area (Å²) in [5.74, 6) is 0.893. The Balaban J connectivity index is 1.94. The van der Waals surface area contributed by atoms with Crippen molar-refractivity contribution in [2.75, 3.05) is 7.11 Å². The van der Waals surface area contributed by atoms with Gasteiger partial charge in [-0.15, -0.1) is 22.7 Å². The molecule has 1 amide bonds. The van der Waals surface area contributed by atoms with Crippen molar-refractivity contribution < 1.29 is 9.53 Å². The zero-order chi connectivity index (χ0) is 21.9. The van der Waals surface area contributed by atoms with Crippen molar-refractivity contribution in [1.82, 2.24) is 9.97 Å². The van der Waals surface area contributed by atoms with Gasteiger partial charge in [0, 0.05) is 29.2 Å². The summed E-state index contributed by atoms with van der Waals surface area (Å²) in [5, 5.41) is 6.08. The van der Waals surface area contributed by atoms with Crippen molar-refractivity contribution in [2.24, 2.45) is 11.7 Å². The summed E-state index contributed by atoms with van der Waals surface area (Å²) in [4.78, 5) is 20.3. The molecule has 5 nitrogen and oxygen atoms in total. The summed E-state index contributed by atoms with van der Waals surface area (Å²) < 4.78 is 5.14. The van der Waals surface area contributed by atoms with Gasteiger partial charge in [-0.1, -0.05) is 51.2 Å². The van der Waals surface area contributed by atoms with Crippen LogP contribution in [0.2, 0.25) is 0 Å². The first-order valence-electron chi connectivity index (χ1n) is 9.86. The lowest BCUT2D eigenvalue weighted by Crippen LogP contribution is -2.07. The molecule has 1 unspecified atom stereocenters. The maximum atomic E-state index is 10.9. The Kier molecular flexibility index (Phi) is 9.70. The molecule has 2 aromatic heterocycles. The molecule has 2 N–H and O–H groups in total. The van der Waals surface area contributed by atoms with Crippen molar-refractivity contribution in [2.45, 2.75) is 39.5 Å². The average Bonchev–Trinajstić information content (AvgIpc) is 3.36. The quantitative estimate of drug-likeness (QED) is 0.264. The number of primary amides is 1. The lowest BCUT2D eigenvalue weighted by atomic mass is 10.1. The minimum atomic E-state index is -0.501. The zero-order valence-electron chi connectivity index (χ0n) is 17.9. The standard InChI is InChI=1S/C23H29N3O2S2/c1-16(2)9-5-6-10-17(3)22-26-20(15-30-22)23-25-18(14-29-23)11-7-8-12-19(28-4)13-21(24)27/h5-7,9-11,13-17H,8,12H2,1-4H3,(H2,24,27)/b9-5+,10-6+,11-7+,19-13-. The second kappa shape index (κ2) is 12.2. The summed E-state index contributed by atoms with van der Waals surface area (Å²) in [7, 11) is 1.53. The van der Waals surface area contributed by atoms with Crippen molar-refractivity contribution in [3.63, 3.8) is 0 Å². The number of ether oxygens (including phenoxy) is 1. The van der Waals surface area contributed by atoms with Gasteiger partial charge in [0.05, 0.1) is 17.8 Å². The van der Waals surface area contributed by atoms with E-state index in [9.17, 15) is 4.79 Å². The third-order valence-electron chi connectivity index (χ3n) is 4.07. The minimum Gasteiger partial charge on any atom is -0.501 e. The molecule has 0 fully saturated rings. The molecule has 0 spiro atoms. The number of thiazole rings is 2. The van der Waals surface area contributed by atoms with Crippen LogP contribution in [0.25, 0.3) is 16.8 Å². The number of rotatable bonds is 11. The number of amides is 1. The summed E-state index contributed by atoms with van der Waals surface area (Å²) >= 11 is 3.25. The van der Waals surface area contributed by atoms with Crippen LogP contribution in [0.3, 0.4) is 0 Å². The van der Waals surface area contributed by atoms with Gasteiger partial charge in [0.2, 0.25) is 5.91 Å². The summed E-state index contributed by atoms with van der Waals surface area (Å²) in [6.07, 6.45) is 15.2. The second-order valence-corrected chi connectivity index (χ2v) is 8.86. The fourth-order valence-electron chi connectivity index (χ4n) is 2.50. The van der Waals surface area contributed by atoms with Crippen LogP contribution >= 0.6 is 22.7 Å². The number of carbonyl (C=O) groups excluding carboxylic acids is 1. The molecule has 1 atom stereocenters. The molecule has 0 saturated carbocycles. The number of methoxy groups -OCH3 is 1. The molecule has 0 aliphatic rings. The van der Waals surface area contributed by atoms with Crippen molar-refractivity contribution >= 4 is 34.7 Å². The van der Waals surface area contributed by atoms with E-state index in [0.717, 1.165) is 27.8 Å². The third-order valence-corrected chi connectivity index (χ3v) is 6.00. The molecular weight excluding hydrogens is 414 g/mol. The van der Waals surface area contributed by atoms with Gasteiger partial charge < -0.3 is 10.5 Å². The van der Waals surface area contributed by atoms with Gasteiger partial charge in [-0.3, -0.25) is 4.79 Å². The van der Waals surface area contributed by atoms with Gasteiger partial charge in [-0.2, -0.15) is 0 Å². The lowest BCUT2D eigenvalue weighted by molar-refractivity contribution is -0.113. The Morgan fingerprint density at radius 1 is 1.17 bits per heavy atom. The van der Waals surface area contributed by atoms with Crippen LogP contribution in [-0.2, 0) is 9.53 Å². The van der Waals surface area contributed by atoms with E-state index < -0.39 is 5.91 Å². The Morgan fingerprint density at radius 3 is 2.63 bits per heavy atom. The number of hydrogen-bond donors (Lipinski definition) is 1. The first kappa shape index (κ1) is 23.8. The van der Waals surface area contributed by atoms with E-state index in [1.807, 2.05) is 17.5 Å². The maximum absolute atomic E-state index is 10.9. The van der Waals surface area contributed by atoms with Crippen LogP contribution in [0.1, 0.15) is 50.2 Å². The average molecular weight is 444 g/mol. The molecule has 0 saturated heterocycles. The lowest BCUT2D eigenvalue weighted by Gasteiger charge is -2.02. The topological polar surface area (TPSA) is 78.1 Å². The van der Waals surface area contributed by atoms with E-state index in [1.54, 1.807) is 22.7 Å². The van der Waals surface area contributed by atoms with Crippen molar-refractivity contribution in [1.29, 1.82) is 0 Å². The summed E-state index contributed by atoms with van der Waals surface area (Å²) in [5.41, 5.74) is 6.97. The number of carbonyl (C=O) groups is 1. The van der Waals surface area contributed by atoms with E-state index in [-0.39, 0.29) is 5.92 Å². The molecule has 0 radical (unpaired) electrons. The van der Waals surface area contributed by atoms with Crippen LogP contribution in [0.15, 0.2) is 53.0 Å². The molecule has 0 aromatic carbocycles. The van der Waals surface area contributed by atoms with E-state index >= 15 is 0 Å². The molecule has 2 heterocycles. The zero-order valence-corrected chi connectivity index (χ0v) is 19.5. The molecule has 2 rings (SSSR count). The highest BCUT2D eigenvalue weighted by Crippen LogP contribution is 2.29. The second-order valence-electron chi connectivity index (χ2n) is 7.11. The first-order chi connectivity index (χ1) is 14.4. The van der Waals surface area contributed by atoms with Gasteiger partial charge in [0.25, 0.3) is 0 Å². The molecule has 0 aliphatic carbocycles. The van der Waals surface area contributed by atoms with E-state index in [0.29, 0.717) is 18.1 Å². The number of aromatic nitrogens is 2. The number of allylic oxidation sites excluding steroid dienone is 6. The fourth-order valence-corrected chi connectivity index (χ4v) is 4.16. The first-order valence-corrected chi connectivity index (χ1v) is 11.6. The van der Waals surface area contributed by atoms with Crippen LogP contribution in [0.5, 0.6) is 0 Å². The molecule has 0 bridgehead atoms. The Labute approximate surface area is 186 Å². The molecular formula is C23H29N3O2S2. The van der Waals surface area contributed by atoms with Crippen LogP contribution in [0, 0.1) is 5.92 Å². The van der Waals surface area contributed by atoms with Gasteiger partial charge in [0.1, 0.15) is 16.5 Å². The molecule has 30 heavy (non-hydrogen) atoms. The molecule has 2 aromatic rings. The number of hydrogen-bond acceptors (Lipinski definition) is 6. The Bertz CT molecular complexity index is 936. The number of nitrogens with two attached hydrogens (primary N) is 1. The maximum Gasteiger partial charge on any atom is 0.244 e.